The zero-order chi connectivity index (χ0) is 23.1. The molecule has 7 heteroatoms. The molecular formula is C26H26ClN3O3. The van der Waals surface area contributed by atoms with Crippen molar-refractivity contribution in [1.82, 2.24) is 14.8 Å². The number of aliphatic hydroxyl groups excluding tert-OH is 1. The monoisotopic (exact) mass is 463 g/mol. The van der Waals surface area contributed by atoms with E-state index in [9.17, 15) is 14.7 Å². The molecule has 3 heterocycles. The van der Waals surface area contributed by atoms with Crippen molar-refractivity contribution in [3.63, 3.8) is 0 Å². The van der Waals surface area contributed by atoms with Gasteiger partial charge < -0.3 is 19.9 Å². The normalized spacial score (nSPS) is 20.5. The van der Waals surface area contributed by atoms with E-state index in [0.29, 0.717) is 31.0 Å². The Morgan fingerprint density at radius 2 is 1.88 bits per heavy atom. The van der Waals surface area contributed by atoms with Crippen LogP contribution < -0.4 is 5.32 Å². The lowest BCUT2D eigenvalue weighted by Gasteiger charge is -2.28. The predicted octanol–water partition coefficient (Wildman–Crippen LogP) is 3.86. The number of fused-ring (bicyclic) bond motifs is 1. The second-order valence-electron chi connectivity index (χ2n) is 8.84. The molecule has 2 aromatic carbocycles. The summed E-state index contributed by atoms with van der Waals surface area (Å²) in [6, 6.07) is 15.8. The highest BCUT2D eigenvalue weighted by Crippen LogP contribution is 2.37. The van der Waals surface area contributed by atoms with Gasteiger partial charge in [0.05, 0.1) is 10.9 Å². The van der Waals surface area contributed by atoms with Crippen molar-refractivity contribution in [3.05, 3.63) is 82.1 Å². The quantitative estimate of drug-likeness (QED) is 0.617. The lowest BCUT2D eigenvalue weighted by atomic mass is 9.88. The molecule has 6 nitrogen and oxygen atoms in total. The van der Waals surface area contributed by atoms with Crippen molar-refractivity contribution >= 4 is 23.4 Å². The van der Waals surface area contributed by atoms with Crippen molar-refractivity contribution < 1.29 is 14.7 Å². The maximum Gasteiger partial charge on any atom is 0.271 e. The van der Waals surface area contributed by atoms with Gasteiger partial charge in [0, 0.05) is 31.9 Å². The van der Waals surface area contributed by atoms with Crippen LogP contribution in [-0.2, 0) is 24.8 Å². The van der Waals surface area contributed by atoms with Crippen LogP contribution >= 0.6 is 11.6 Å². The van der Waals surface area contributed by atoms with Crippen LogP contribution in [0.2, 0.25) is 5.02 Å². The number of benzene rings is 2. The number of aryl methyl sites for hydroxylation is 1. The number of piperidine rings is 1. The molecule has 5 rings (SSSR count). The van der Waals surface area contributed by atoms with Gasteiger partial charge in [0.25, 0.3) is 5.91 Å². The van der Waals surface area contributed by atoms with Crippen LogP contribution in [0.15, 0.2) is 54.7 Å². The summed E-state index contributed by atoms with van der Waals surface area (Å²) in [6.07, 6.45) is 3.09. The third kappa shape index (κ3) is 4.05. The molecule has 2 amide bonds. The molecule has 2 unspecified atom stereocenters. The number of hydrogen-bond acceptors (Lipinski definition) is 3. The second kappa shape index (κ2) is 8.69. The van der Waals surface area contributed by atoms with Crippen molar-refractivity contribution in [2.24, 2.45) is 7.05 Å². The minimum absolute atomic E-state index is 0.0689. The smallest absolute Gasteiger partial charge is 0.271 e. The minimum Gasteiger partial charge on any atom is -0.374 e. The number of nitrogens with one attached hydrogen (secondary N) is 1. The molecule has 1 saturated heterocycles. The molecule has 2 aliphatic rings. The van der Waals surface area contributed by atoms with Crippen LogP contribution in [0.1, 0.15) is 45.9 Å². The Kier molecular flexibility index (Phi) is 5.72. The molecule has 2 atom stereocenters. The van der Waals surface area contributed by atoms with E-state index >= 15 is 0 Å². The highest BCUT2D eigenvalue weighted by molar-refractivity contribution is 6.34. The van der Waals surface area contributed by atoms with Gasteiger partial charge in [-0.15, -0.1) is 0 Å². The van der Waals surface area contributed by atoms with Crippen molar-refractivity contribution in [2.45, 2.75) is 38.0 Å². The largest absolute Gasteiger partial charge is 0.374 e. The van der Waals surface area contributed by atoms with E-state index in [0.717, 1.165) is 39.9 Å². The van der Waals surface area contributed by atoms with Gasteiger partial charge in [-0.25, -0.2) is 0 Å². The number of rotatable bonds is 4. The topological polar surface area (TPSA) is 74.6 Å². The summed E-state index contributed by atoms with van der Waals surface area (Å²) < 4.78 is 1.90. The third-order valence-corrected chi connectivity index (χ3v) is 7.12. The van der Waals surface area contributed by atoms with E-state index in [1.54, 1.807) is 0 Å². The van der Waals surface area contributed by atoms with Crippen molar-refractivity contribution in [3.8, 4) is 11.1 Å². The van der Waals surface area contributed by atoms with E-state index < -0.39 is 6.23 Å². The average Bonchev–Trinajstić information content (AvgIpc) is 3.18. The van der Waals surface area contributed by atoms with Gasteiger partial charge in [0.15, 0.2) is 0 Å². The van der Waals surface area contributed by atoms with Crippen molar-refractivity contribution in [1.29, 1.82) is 0 Å². The van der Waals surface area contributed by atoms with Gasteiger partial charge in [0.1, 0.15) is 11.9 Å². The lowest BCUT2D eigenvalue weighted by molar-refractivity contribution is -0.128. The first kappa shape index (κ1) is 21.7. The number of carbonyl (C=O) groups is 2. The third-order valence-electron chi connectivity index (χ3n) is 6.69. The highest BCUT2D eigenvalue weighted by Gasteiger charge is 2.30. The van der Waals surface area contributed by atoms with E-state index in [2.05, 4.69) is 5.32 Å². The van der Waals surface area contributed by atoms with E-state index in [-0.39, 0.29) is 17.7 Å². The summed E-state index contributed by atoms with van der Waals surface area (Å²) >= 11 is 6.75. The number of carbonyl (C=O) groups excluding carboxylic acids is 2. The fourth-order valence-corrected chi connectivity index (χ4v) is 5.24. The fourth-order valence-electron chi connectivity index (χ4n) is 4.87. The molecule has 170 valence electrons. The van der Waals surface area contributed by atoms with E-state index in [4.69, 9.17) is 11.6 Å². The molecule has 33 heavy (non-hydrogen) atoms. The SMILES string of the molecule is Cn1ccc2c1C(=O)N(Cc1ccc(-c3cccc(C4CCC(O)NC4=O)c3Cl)cc1)CC2. The molecule has 1 aromatic heterocycles. The number of nitrogens with zero attached hydrogens (tertiary/aromatic N) is 2. The molecule has 0 saturated carbocycles. The predicted molar refractivity (Wildman–Crippen MR) is 127 cm³/mol. The molecule has 0 radical (unpaired) electrons. The first-order valence-corrected chi connectivity index (χ1v) is 11.6. The Morgan fingerprint density at radius 1 is 1.09 bits per heavy atom. The Labute approximate surface area is 197 Å². The van der Waals surface area contributed by atoms with E-state index in [1.807, 2.05) is 71.2 Å². The van der Waals surface area contributed by atoms with Crippen LogP contribution in [0.5, 0.6) is 0 Å². The summed E-state index contributed by atoms with van der Waals surface area (Å²) in [5, 5.41) is 12.8. The molecule has 3 aromatic rings. The molecule has 0 aliphatic carbocycles. The molecule has 1 fully saturated rings. The van der Waals surface area contributed by atoms with Gasteiger partial charge in [-0.2, -0.15) is 0 Å². The fraction of sp³-hybridized carbons (Fsp3) is 0.308. The van der Waals surface area contributed by atoms with Gasteiger partial charge >= 0.3 is 0 Å². The molecular weight excluding hydrogens is 438 g/mol. The second-order valence-corrected chi connectivity index (χ2v) is 9.22. The number of aliphatic hydroxyl groups is 1. The zero-order valence-electron chi connectivity index (χ0n) is 18.4. The summed E-state index contributed by atoms with van der Waals surface area (Å²) in [4.78, 5) is 27.2. The summed E-state index contributed by atoms with van der Waals surface area (Å²) in [5.41, 5.74) is 5.54. The lowest BCUT2D eigenvalue weighted by Crippen LogP contribution is -2.42. The van der Waals surface area contributed by atoms with Crippen LogP contribution in [0.4, 0.5) is 0 Å². The number of hydrogen-bond donors (Lipinski definition) is 2. The molecule has 2 N–H and O–H groups in total. The Hall–Kier alpha value is -3.09. The zero-order valence-corrected chi connectivity index (χ0v) is 19.2. The van der Waals surface area contributed by atoms with Crippen LogP contribution in [0.25, 0.3) is 11.1 Å². The average molecular weight is 464 g/mol. The highest BCUT2D eigenvalue weighted by atomic mass is 35.5. The summed E-state index contributed by atoms with van der Waals surface area (Å²) in [7, 11) is 1.91. The first-order chi connectivity index (χ1) is 15.9. The number of halogens is 1. The number of aromatic nitrogens is 1. The van der Waals surface area contributed by atoms with Gasteiger partial charge in [-0.3, -0.25) is 9.59 Å². The van der Waals surface area contributed by atoms with Gasteiger partial charge in [-0.1, -0.05) is 54.1 Å². The molecule has 0 spiro atoms. The van der Waals surface area contributed by atoms with Crippen LogP contribution in [-0.4, -0.2) is 39.2 Å². The summed E-state index contributed by atoms with van der Waals surface area (Å²) in [6.45, 7) is 1.27. The Balaban J connectivity index is 1.35. The van der Waals surface area contributed by atoms with Crippen LogP contribution in [0, 0.1) is 0 Å². The first-order valence-electron chi connectivity index (χ1n) is 11.2. The van der Waals surface area contributed by atoms with Gasteiger partial charge in [-0.05, 0) is 47.6 Å². The standard InChI is InChI=1S/C26H26ClN3O3/c1-29-13-11-18-12-14-30(26(33)24(18)29)15-16-5-7-17(8-6-16)19-3-2-4-20(23(19)27)21-9-10-22(31)28-25(21)32/h2-8,11,13,21-22,31H,9-10,12,14-15H2,1H3,(H,28,32). The minimum atomic E-state index is -0.789. The van der Waals surface area contributed by atoms with E-state index in [1.165, 1.54) is 0 Å². The molecule has 0 bridgehead atoms. The Bertz CT molecular complexity index is 1220. The maximum atomic E-state index is 12.9. The van der Waals surface area contributed by atoms with Gasteiger partial charge in [0.2, 0.25) is 5.91 Å². The maximum absolute atomic E-state index is 12.9. The van der Waals surface area contributed by atoms with Crippen molar-refractivity contribution in [2.75, 3.05) is 6.54 Å². The van der Waals surface area contributed by atoms with Crippen LogP contribution in [0.3, 0.4) is 0 Å². The molecule has 2 aliphatic heterocycles. The number of amides is 2. The summed E-state index contributed by atoms with van der Waals surface area (Å²) in [5.74, 6) is -0.497. The Morgan fingerprint density at radius 3 is 2.64 bits per heavy atom.